The van der Waals surface area contributed by atoms with Gasteiger partial charge in [0.15, 0.2) is 0 Å². The molecule has 1 fully saturated rings. The predicted octanol–water partition coefficient (Wildman–Crippen LogP) is 5.42. The zero-order valence-corrected chi connectivity index (χ0v) is 16.9. The molecule has 0 unspecified atom stereocenters. The standard InChI is InChI=1S/C24H19F4N3O/c25-23-20(2-1-3-21(23)24(26,27)28)15-32-30-22(14-31-13-12-29-16-31)19-10-8-18(9-11-19)7-6-17-4-5-17/h1-3,8-13,16-17H,4-5,14-15H2. The molecule has 0 N–H and O–H groups in total. The average molecular weight is 441 g/mol. The molecule has 1 heterocycles. The van der Waals surface area contributed by atoms with E-state index in [-0.39, 0.29) is 5.56 Å². The quantitative estimate of drug-likeness (QED) is 0.222. The molecule has 0 saturated heterocycles. The number of rotatable bonds is 6. The summed E-state index contributed by atoms with van der Waals surface area (Å²) in [6.07, 6.45) is 2.50. The van der Waals surface area contributed by atoms with Gasteiger partial charge in [0.2, 0.25) is 0 Å². The summed E-state index contributed by atoms with van der Waals surface area (Å²) in [5.41, 5.74) is 0.590. The van der Waals surface area contributed by atoms with E-state index < -0.39 is 24.2 Å². The summed E-state index contributed by atoms with van der Waals surface area (Å²) < 4.78 is 54.8. The summed E-state index contributed by atoms with van der Waals surface area (Å²) >= 11 is 0. The normalized spacial score (nSPS) is 14.1. The average Bonchev–Trinajstić information content (AvgIpc) is 3.46. The first-order chi connectivity index (χ1) is 15.4. The maximum Gasteiger partial charge on any atom is 0.419 e. The monoisotopic (exact) mass is 441 g/mol. The van der Waals surface area contributed by atoms with Gasteiger partial charge in [-0.3, -0.25) is 0 Å². The number of benzene rings is 2. The fraction of sp³-hybridized carbons (Fsp3) is 0.250. The van der Waals surface area contributed by atoms with E-state index in [0.717, 1.165) is 30.0 Å². The van der Waals surface area contributed by atoms with Crippen LogP contribution < -0.4 is 0 Å². The van der Waals surface area contributed by atoms with Crippen molar-refractivity contribution in [1.29, 1.82) is 0 Å². The third-order valence-corrected chi connectivity index (χ3v) is 4.89. The molecule has 0 radical (unpaired) electrons. The Bertz CT molecular complexity index is 1150. The van der Waals surface area contributed by atoms with Crippen LogP contribution in [0.4, 0.5) is 17.6 Å². The summed E-state index contributed by atoms with van der Waals surface area (Å²) in [5, 5.41) is 4.10. The minimum absolute atomic E-state index is 0.226. The largest absolute Gasteiger partial charge is 0.419 e. The number of halogens is 4. The van der Waals surface area contributed by atoms with E-state index in [0.29, 0.717) is 24.2 Å². The van der Waals surface area contributed by atoms with E-state index in [2.05, 4.69) is 22.0 Å². The summed E-state index contributed by atoms with van der Waals surface area (Å²) in [6.45, 7) is -0.119. The molecular weight excluding hydrogens is 422 g/mol. The molecule has 1 aliphatic rings. The first-order valence-electron chi connectivity index (χ1n) is 10.0. The van der Waals surface area contributed by atoms with Crippen LogP contribution in [0.25, 0.3) is 0 Å². The second kappa shape index (κ2) is 9.27. The van der Waals surface area contributed by atoms with Gasteiger partial charge < -0.3 is 9.40 Å². The van der Waals surface area contributed by atoms with Crippen molar-refractivity contribution in [2.45, 2.75) is 32.2 Å². The van der Waals surface area contributed by atoms with Gasteiger partial charge >= 0.3 is 6.18 Å². The van der Waals surface area contributed by atoms with Crippen LogP contribution in [0.2, 0.25) is 0 Å². The second-order valence-corrected chi connectivity index (χ2v) is 7.44. The van der Waals surface area contributed by atoms with E-state index in [1.807, 2.05) is 24.3 Å². The third-order valence-electron chi connectivity index (χ3n) is 4.89. The van der Waals surface area contributed by atoms with E-state index in [9.17, 15) is 17.6 Å². The molecule has 32 heavy (non-hydrogen) atoms. The Kier molecular flexibility index (Phi) is 6.26. The fourth-order valence-corrected chi connectivity index (χ4v) is 2.98. The van der Waals surface area contributed by atoms with Crippen LogP contribution in [-0.4, -0.2) is 15.3 Å². The summed E-state index contributed by atoms with van der Waals surface area (Å²) in [6, 6.07) is 10.5. The van der Waals surface area contributed by atoms with E-state index >= 15 is 0 Å². The number of imidazole rings is 1. The van der Waals surface area contributed by atoms with Crippen molar-refractivity contribution in [3.63, 3.8) is 0 Å². The fourth-order valence-electron chi connectivity index (χ4n) is 2.98. The van der Waals surface area contributed by atoms with E-state index in [1.165, 1.54) is 6.07 Å². The van der Waals surface area contributed by atoms with Crippen LogP contribution in [0, 0.1) is 23.6 Å². The van der Waals surface area contributed by atoms with Crippen LogP contribution in [-0.2, 0) is 24.2 Å². The smallest absolute Gasteiger partial charge is 0.391 e. The van der Waals surface area contributed by atoms with Gasteiger partial charge in [0.1, 0.15) is 18.1 Å². The molecule has 1 aromatic heterocycles. The van der Waals surface area contributed by atoms with Crippen molar-refractivity contribution in [2.75, 3.05) is 0 Å². The molecule has 4 nitrogen and oxygen atoms in total. The lowest BCUT2D eigenvalue weighted by molar-refractivity contribution is -0.140. The van der Waals surface area contributed by atoms with Crippen molar-refractivity contribution in [1.82, 2.24) is 9.55 Å². The van der Waals surface area contributed by atoms with Gasteiger partial charge in [-0.25, -0.2) is 9.37 Å². The predicted molar refractivity (Wildman–Crippen MR) is 111 cm³/mol. The molecule has 3 aromatic rings. The minimum atomic E-state index is -4.78. The number of hydrogen-bond acceptors (Lipinski definition) is 3. The first kappa shape index (κ1) is 21.6. The van der Waals surface area contributed by atoms with Gasteiger partial charge in [-0.05, 0) is 31.0 Å². The molecule has 0 spiro atoms. The molecule has 0 aliphatic heterocycles. The Morgan fingerprint density at radius 3 is 2.59 bits per heavy atom. The Hall–Kier alpha value is -3.60. The Morgan fingerprint density at radius 2 is 1.94 bits per heavy atom. The highest BCUT2D eigenvalue weighted by atomic mass is 19.4. The molecule has 0 atom stereocenters. The van der Waals surface area contributed by atoms with Gasteiger partial charge in [0.05, 0.1) is 18.4 Å². The SMILES string of the molecule is Fc1c(CON=C(Cn2ccnc2)c2ccc(C#CC3CC3)cc2)cccc1C(F)(F)F. The highest BCUT2D eigenvalue weighted by molar-refractivity contribution is 6.00. The number of oxime groups is 1. The van der Waals surface area contributed by atoms with E-state index in [1.54, 1.807) is 23.3 Å². The van der Waals surface area contributed by atoms with Gasteiger partial charge in [-0.15, -0.1) is 0 Å². The molecule has 2 aromatic carbocycles. The maximum atomic E-state index is 14.2. The van der Waals surface area contributed by atoms with Crippen LogP contribution in [0.15, 0.2) is 66.3 Å². The second-order valence-electron chi connectivity index (χ2n) is 7.44. The van der Waals surface area contributed by atoms with E-state index in [4.69, 9.17) is 4.84 Å². The number of hydrogen-bond donors (Lipinski definition) is 0. The molecule has 0 amide bonds. The minimum Gasteiger partial charge on any atom is -0.391 e. The zero-order valence-electron chi connectivity index (χ0n) is 16.9. The Balaban J connectivity index is 1.52. The lowest BCUT2D eigenvalue weighted by Gasteiger charge is -2.11. The van der Waals surface area contributed by atoms with Gasteiger partial charge in [0, 0.05) is 35.0 Å². The van der Waals surface area contributed by atoms with Crippen molar-refractivity contribution >= 4 is 5.71 Å². The highest BCUT2D eigenvalue weighted by Crippen LogP contribution is 2.32. The lowest BCUT2D eigenvalue weighted by atomic mass is 10.1. The molecule has 1 saturated carbocycles. The van der Waals surface area contributed by atoms with Crippen LogP contribution in [0.1, 0.15) is 35.1 Å². The topological polar surface area (TPSA) is 39.4 Å². The summed E-state index contributed by atoms with van der Waals surface area (Å²) in [5.74, 6) is 5.48. The van der Waals surface area contributed by atoms with Gasteiger partial charge in [-0.2, -0.15) is 13.2 Å². The van der Waals surface area contributed by atoms with Crippen LogP contribution >= 0.6 is 0 Å². The molecule has 8 heteroatoms. The lowest BCUT2D eigenvalue weighted by Crippen LogP contribution is -2.12. The summed E-state index contributed by atoms with van der Waals surface area (Å²) in [4.78, 5) is 9.26. The highest BCUT2D eigenvalue weighted by Gasteiger charge is 2.34. The molecule has 1 aliphatic carbocycles. The zero-order chi connectivity index (χ0) is 22.6. The van der Waals surface area contributed by atoms with Crippen molar-refractivity contribution in [3.8, 4) is 11.8 Å². The van der Waals surface area contributed by atoms with Crippen LogP contribution in [0.5, 0.6) is 0 Å². The van der Waals surface area contributed by atoms with Crippen molar-refractivity contribution in [2.24, 2.45) is 11.1 Å². The molecule has 0 bridgehead atoms. The number of nitrogens with zero attached hydrogens (tertiary/aromatic N) is 3. The Morgan fingerprint density at radius 1 is 1.16 bits per heavy atom. The summed E-state index contributed by atoms with van der Waals surface area (Å²) in [7, 11) is 0. The first-order valence-corrected chi connectivity index (χ1v) is 10.0. The molecular formula is C24H19F4N3O. The van der Waals surface area contributed by atoms with Crippen molar-refractivity contribution < 1.29 is 22.4 Å². The molecule has 164 valence electrons. The van der Waals surface area contributed by atoms with Crippen LogP contribution in [0.3, 0.4) is 0 Å². The van der Waals surface area contributed by atoms with Gasteiger partial charge in [-0.1, -0.05) is 41.3 Å². The van der Waals surface area contributed by atoms with Crippen molar-refractivity contribution in [3.05, 3.63) is 89.3 Å². The number of aromatic nitrogens is 2. The Labute approximate surface area is 182 Å². The van der Waals surface area contributed by atoms with Gasteiger partial charge in [0.25, 0.3) is 0 Å². The maximum absolute atomic E-state index is 14.2. The molecule has 4 rings (SSSR count). The third kappa shape index (κ3) is 5.55. The number of alkyl halides is 3.